The molecular weight excluding hydrogens is 572 g/mol. The molecule has 0 unspecified atom stereocenters. The third-order valence-corrected chi connectivity index (χ3v) is 7.26. The van der Waals surface area contributed by atoms with Crippen LogP contribution in [0.3, 0.4) is 0 Å². The van der Waals surface area contributed by atoms with Gasteiger partial charge in [0.1, 0.15) is 22.5 Å². The Kier molecular flexibility index (Phi) is 7.69. The molecule has 0 atom stereocenters. The highest BCUT2D eigenvalue weighted by atomic mass is 16.4. The summed E-state index contributed by atoms with van der Waals surface area (Å²) in [7, 11) is 0. The van der Waals surface area contributed by atoms with Gasteiger partial charge in [-0.2, -0.15) is 10.2 Å². The molecule has 0 spiro atoms. The Bertz CT molecular complexity index is 2000. The van der Waals surface area contributed by atoms with Crippen molar-refractivity contribution < 1.29 is 30.0 Å². The van der Waals surface area contributed by atoms with Crippen LogP contribution in [0.4, 0.5) is 22.7 Å². The Hall–Kier alpha value is -6.42. The summed E-state index contributed by atoms with van der Waals surface area (Å²) in [4.78, 5) is 23.2. The van der Waals surface area contributed by atoms with Crippen molar-refractivity contribution in [3.05, 3.63) is 131 Å². The molecule has 0 aliphatic carbocycles. The van der Waals surface area contributed by atoms with E-state index in [1.807, 2.05) is 24.3 Å². The van der Waals surface area contributed by atoms with Crippen molar-refractivity contribution in [1.29, 1.82) is 0 Å². The van der Waals surface area contributed by atoms with E-state index in [2.05, 4.69) is 20.5 Å². The zero-order chi connectivity index (χ0) is 31.5. The van der Waals surface area contributed by atoms with Crippen molar-refractivity contribution >= 4 is 56.2 Å². The van der Waals surface area contributed by atoms with Gasteiger partial charge in [-0.25, -0.2) is 9.59 Å². The molecule has 0 aliphatic rings. The molecule has 0 bridgehead atoms. The molecule has 0 heterocycles. The average molecular weight is 597 g/mol. The smallest absolute Gasteiger partial charge is 0.339 e. The lowest BCUT2D eigenvalue weighted by molar-refractivity contribution is 0.0682. The van der Waals surface area contributed by atoms with Gasteiger partial charge in [-0.3, -0.25) is 0 Å². The van der Waals surface area contributed by atoms with Gasteiger partial charge in [0.2, 0.25) is 0 Å². The van der Waals surface area contributed by atoms with E-state index in [9.17, 15) is 30.0 Å². The second kappa shape index (κ2) is 12.1. The number of carboxylic acid groups (broad SMARTS) is 2. The second-order valence-corrected chi connectivity index (χ2v) is 10.2. The van der Waals surface area contributed by atoms with Gasteiger partial charge < -0.3 is 20.4 Å². The molecule has 220 valence electrons. The molecule has 0 radical (unpaired) electrons. The summed E-state index contributed by atoms with van der Waals surface area (Å²) in [6, 6.07) is 31.6. The van der Waals surface area contributed by atoms with Crippen molar-refractivity contribution in [2.45, 2.75) is 6.42 Å². The van der Waals surface area contributed by atoms with E-state index >= 15 is 0 Å². The Morgan fingerprint density at radius 1 is 0.511 bits per heavy atom. The number of carbonyl (C=O) groups is 2. The first-order valence-electron chi connectivity index (χ1n) is 13.8. The minimum Gasteiger partial charge on any atom is -0.505 e. The maximum atomic E-state index is 11.6. The van der Waals surface area contributed by atoms with E-state index in [0.717, 1.165) is 11.1 Å². The molecule has 4 N–H and O–H groups in total. The zero-order valence-electron chi connectivity index (χ0n) is 23.5. The van der Waals surface area contributed by atoms with E-state index in [-0.39, 0.29) is 22.5 Å². The average Bonchev–Trinajstić information content (AvgIpc) is 3.04. The highest BCUT2D eigenvalue weighted by molar-refractivity contribution is 6.05. The van der Waals surface area contributed by atoms with Crippen molar-refractivity contribution in [2.75, 3.05) is 0 Å². The minimum atomic E-state index is -1.26. The van der Waals surface area contributed by atoms with Crippen LogP contribution < -0.4 is 0 Å². The van der Waals surface area contributed by atoms with Gasteiger partial charge in [-0.05, 0) is 64.7 Å². The van der Waals surface area contributed by atoms with Crippen molar-refractivity contribution in [1.82, 2.24) is 0 Å². The van der Waals surface area contributed by atoms with Crippen molar-refractivity contribution in [3.8, 4) is 11.5 Å². The van der Waals surface area contributed by atoms with Crippen LogP contribution in [-0.4, -0.2) is 32.4 Å². The van der Waals surface area contributed by atoms with Gasteiger partial charge in [0.15, 0.2) is 11.5 Å². The van der Waals surface area contributed by atoms with Crippen LogP contribution in [0.25, 0.3) is 21.5 Å². The standard InChI is InChI=1S/C35H24N4O6/c40-32-28(34(42)43)18-22-5-1-3-7-26(22)30(32)38-36-24-13-9-20(10-14-24)17-21-11-15-25(16-12-21)37-39-31-27-8-4-2-6-23(27)19-29(33(31)41)35(44)45/h1-16,18-19,40-41H,17H2,(H,42,43)(H,44,45). The third kappa shape index (κ3) is 5.93. The fourth-order valence-corrected chi connectivity index (χ4v) is 4.98. The summed E-state index contributed by atoms with van der Waals surface area (Å²) < 4.78 is 0. The van der Waals surface area contributed by atoms with E-state index in [1.165, 1.54) is 12.1 Å². The van der Waals surface area contributed by atoms with Crippen molar-refractivity contribution in [3.63, 3.8) is 0 Å². The molecular formula is C35H24N4O6. The summed E-state index contributed by atoms with van der Waals surface area (Å²) >= 11 is 0. The van der Waals surface area contributed by atoms with Crippen LogP contribution in [0.5, 0.6) is 11.5 Å². The van der Waals surface area contributed by atoms with Crippen LogP contribution in [0.1, 0.15) is 31.8 Å². The number of nitrogens with zero attached hydrogens (tertiary/aromatic N) is 4. The molecule has 0 saturated heterocycles. The fourth-order valence-electron chi connectivity index (χ4n) is 4.98. The monoisotopic (exact) mass is 596 g/mol. The predicted octanol–water partition coefficient (Wildman–Crippen LogP) is 9.22. The Labute approximate surface area is 255 Å². The number of rotatable bonds is 8. The SMILES string of the molecule is O=C(O)c1cc2ccccc2c(N=Nc2ccc(Cc3ccc(N=Nc4c(O)c(C(=O)O)cc5ccccc45)cc3)cc2)c1O. The number of aromatic carboxylic acids is 2. The molecule has 10 heteroatoms. The Morgan fingerprint density at radius 3 is 1.27 bits per heavy atom. The molecule has 0 fully saturated rings. The lowest BCUT2D eigenvalue weighted by atomic mass is 10.0. The minimum absolute atomic E-state index is 0.0878. The Balaban J connectivity index is 1.18. The van der Waals surface area contributed by atoms with E-state index in [0.29, 0.717) is 39.3 Å². The summed E-state index contributed by atoms with van der Waals surface area (Å²) in [6.07, 6.45) is 0.618. The lowest BCUT2D eigenvalue weighted by Gasteiger charge is -2.08. The number of hydrogen-bond donors (Lipinski definition) is 4. The first-order valence-corrected chi connectivity index (χ1v) is 13.8. The van der Waals surface area contributed by atoms with E-state index in [4.69, 9.17) is 0 Å². The van der Waals surface area contributed by atoms with Gasteiger partial charge in [0.05, 0.1) is 11.4 Å². The molecule has 0 saturated carbocycles. The Morgan fingerprint density at radius 2 is 0.889 bits per heavy atom. The van der Waals surface area contributed by atoms with E-state index in [1.54, 1.807) is 72.8 Å². The topological polar surface area (TPSA) is 164 Å². The molecule has 6 aromatic rings. The first-order chi connectivity index (χ1) is 21.8. The number of fused-ring (bicyclic) bond motifs is 2. The van der Waals surface area contributed by atoms with Crippen LogP contribution in [-0.2, 0) is 6.42 Å². The fraction of sp³-hybridized carbons (Fsp3) is 0.0286. The van der Waals surface area contributed by atoms with Gasteiger partial charge in [0, 0.05) is 10.8 Å². The normalized spacial score (nSPS) is 11.6. The van der Waals surface area contributed by atoms with Gasteiger partial charge in [-0.15, -0.1) is 10.2 Å². The number of carboxylic acids is 2. The highest BCUT2D eigenvalue weighted by Crippen LogP contribution is 2.40. The predicted molar refractivity (Wildman–Crippen MR) is 169 cm³/mol. The van der Waals surface area contributed by atoms with Gasteiger partial charge in [-0.1, -0.05) is 72.8 Å². The molecule has 0 aliphatic heterocycles. The first kappa shape index (κ1) is 28.7. The largest absolute Gasteiger partial charge is 0.505 e. The molecule has 45 heavy (non-hydrogen) atoms. The van der Waals surface area contributed by atoms with Crippen LogP contribution >= 0.6 is 0 Å². The van der Waals surface area contributed by atoms with Crippen molar-refractivity contribution in [2.24, 2.45) is 20.5 Å². The van der Waals surface area contributed by atoms with E-state index < -0.39 is 23.4 Å². The summed E-state index contributed by atoms with van der Waals surface area (Å²) in [6.45, 7) is 0. The van der Waals surface area contributed by atoms with Gasteiger partial charge >= 0.3 is 11.9 Å². The molecule has 10 nitrogen and oxygen atoms in total. The quantitative estimate of drug-likeness (QED) is 0.128. The maximum absolute atomic E-state index is 11.6. The lowest BCUT2D eigenvalue weighted by Crippen LogP contribution is -1.97. The maximum Gasteiger partial charge on any atom is 0.339 e. The number of azo groups is 2. The number of phenols is 2. The second-order valence-electron chi connectivity index (χ2n) is 10.2. The zero-order valence-corrected chi connectivity index (χ0v) is 23.5. The van der Waals surface area contributed by atoms with Crippen LogP contribution in [0.15, 0.2) is 130 Å². The number of benzene rings is 6. The molecule has 6 aromatic carbocycles. The van der Waals surface area contributed by atoms with Gasteiger partial charge in [0.25, 0.3) is 0 Å². The summed E-state index contributed by atoms with van der Waals surface area (Å²) in [5.41, 5.74) is 2.75. The number of aromatic hydroxyl groups is 2. The number of hydrogen-bond acceptors (Lipinski definition) is 8. The van der Waals surface area contributed by atoms with Crippen LogP contribution in [0, 0.1) is 0 Å². The third-order valence-electron chi connectivity index (χ3n) is 7.26. The molecule has 0 amide bonds. The molecule has 6 rings (SSSR count). The van der Waals surface area contributed by atoms with Crippen LogP contribution in [0.2, 0.25) is 0 Å². The summed E-state index contributed by atoms with van der Waals surface area (Å²) in [5.74, 6) is -3.39. The molecule has 0 aromatic heterocycles. The highest BCUT2D eigenvalue weighted by Gasteiger charge is 2.18. The summed E-state index contributed by atoms with van der Waals surface area (Å²) in [5, 5.41) is 59.4.